The molecule has 124 valence electrons. The number of carboxylic acid groups (broad SMARTS) is 1. The van der Waals surface area contributed by atoms with Crippen molar-refractivity contribution in [3.63, 3.8) is 0 Å². The van der Waals surface area contributed by atoms with Crippen LogP contribution in [-0.2, 0) is 0 Å². The van der Waals surface area contributed by atoms with E-state index in [9.17, 15) is 19.7 Å². The Hall–Kier alpha value is -2.84. The number of nitro benzene ring substituents is 1. The van der Waals surface area contributed by atoms with E-state index in [1.165, 1.54) is 29.2 Å². The predicted molar refractivity (Wildman–Crippen MR) is 79.4 cm³/mol. The number of likely N-dealkylation sites (tertiary alicyclic amines) is 1. The number of benzene rings is 1. The highest BCUT2D eigenvalue weighted by molar-refractivity contribution is 5.70. The molecule has 1 aromatic rings. The molecule has 23 heavy (non-hydrogen) atoms. The lowest BCUT2D eigenvalue weighted by Gasteiger charge is -2.29. The van der Waals surface area contributed by atoms with Crippen molar-refractivity contribution in [1.29, 1.82) is 0 Å². The van der Waals surface area contributed by atoms with E-state index in [1.54, 1.807) is 0 Å². The van der Waals surface area contributed by atoms with Crippen molar-refractivity contribution >= 4 is 17.9 Å². The molecule has 0 atom stereocenters. The molecule has 1 fully saturated rings. The van der Waals surface area contributed by atoms with Crippen molar-refractivity contribution in [1.82, 2.24) is 10.2 Å². The first-order valence-corrected chi connectivity index (χ1v) is 7.13. The van der Waals surface area contributed by atoms with Crippen LogP contribution in [0.1, 0.15) is 12.8 Å². The fraction of sp³-hybridized carbons (Fsp3) is 0.429. The minimum absolute atomic E-state index is 0.0806. The number of nitrogens with one attached hydrogen (secondary N) is 1. The van der Waals surface area contributed by atoms with E-state index in [4.69, 9.17) is 9.84 Å². The molecule has 0 aliphatic carbocycles. The summed E-state index contributed by atoms with van der Waals surface area (Å²) >= 11 is 0. The Morgan fingerprint density at radius 2 is 1.91 bits per heavy atom. The molecular weight excluding hydrogens is 306 g/mol. The fourth-order valence-electron chi connectivity index (χ4n) is 2.34. The summed E-state index contributed by atoms with van der Waals surface area (Å²) in [4.78, 5) is 33.8. The molecule has 1 saturated heterocycles. The Balaban J connectivity index is 1.73. The summed E-state index contributed by atoms with van der Waals surface area (Å²) in [6.45, 7) is 1.32. The van der Waals surface area contributed by atoms with Crippen LogP contribution in [0, 0.1) is 16.0 Å². The van der Waals surface area contributed by atoms with Gasteiger partial charge in [0.15, 0.2) is 0 Å². The average molecular weight is 323 g/mol. The van der Waals surface area contributed by atoms with Gasteiger partial charge in [-0.15, -0.1) is 0 Å². The Morgan fingerprint density at radius 3 is 2.43 bits per heavy atom. The molecule has 2 rings (SSSR count). The van der Waals surface area contributed by atoms with E-state index >= 15 is 0 Å². The highest BCUT2D eigenvalue weighted by Gasteiger charge is 2.22. The molecule has 9 nitrogen and oxygen atoms in total. The second kappa shape index (κ2) is 7.43. The first-order chi connectivity index (χ1) is 11.0. The van der Waals surface area contributed by atoms with Gasteiger partial charge >= 0.3 is 12.2 Å². The summed E-state index contributed by atoms with van der Waals surface area (Å²) in [6, 6.07) is 5.21. The van der Waals surface area contributed by atoms with Crippen LogP contribution in [0.2, 0.25) is 0 Å². The highest BCUT2D eigenvalue weighted by atomic mass is 16.6. The summed E-state index contributed by atoms with van der Waals surface area (Å²) in [5.41, 5.74) is -0.0806. The number of non-ortho nitro benzene ring substituents is 1. The van der Waals surface area contributed by atoms with E-state index in [0.717, 1.165) is 0 Å². The highest BCUT2D eigenvalue weighted by Crippen LogP contribution is 2.18. The van der Waals surface area contributed by atoms with Crippen molar-refractivity contribution in [2.75, 3.05) is 19.6 Å². The predicted octanol–water partition coefficient (Wildman–Crippen LogP) is 2.07. The fourth-order valence-corrected chi connectivity index (χ4v) is 2.34. The Bertz CT molecular complexity index is 581. The zero-order chi connectivity index (χ0) is 16.8. The van der Waals surface area contributed by atoms with Crippen molar-refractivity contribution in [3.05, 3.63) is 34.4 Å². The number of piperidine rings is 1. The maximum absolute atomic E-state index is 11.7. The number of nitrogens with zero attached hydrogens (tertiary/aromatic N) is 2. The number of carbonyl (C=O) groups is 2. The van der Waals surface area contributed by atoms with Gasteiger partial charge in [0.05, 0.1) is 4.92 Å². The molecular formula is C14H17N3O6. The van der Waals surface area contributed by atoms with Crippen LogP contribution in [0.15, 0.2) is 24.3 Å². The molecule has 2 N–H and O–H groups in total. The number of hydrogen-bond acceptors (Lipinski definition) is 5. The van der Waals surface area contributed by atoms with Crippen LogP contribution in [0.25, 0.3) is 0 Å². The molecule has 1 heterocycles. The van der Waals surface area contributed by atoms with Crippen molar-refractivity contribution in [3.8, 4) is 5.75 Å². The lowest BCUT2D eigenvalue weighted by Crippen LogP contribution is -2.41. The van der Waals surface area contributed by atoms with E-state index in [-0.39, 0.29) is 17.4 Å². The maximum atomic E-state index is 11.7. The number of ether oxygens (including phenoxy) is 1. The molecule has 0 unspecified atom stereocenters. The Morgan fingerprint density at radius 1 is 1.30 bits per heavy atom. The van der Waals surface area contributed by atoms with Crippen LogP contribution in [0.5, 0.6) is 5.75 Å². The molecule has 0 spiro atoms. The third kappa shape index (κ3) is 4.83. The lowest BCUT2D eigenvalue weighted by atomic mass is 9.97. The molecule has 1 aromatic carbocycles. The van der Waals surface area contributed by atoms with Crippen LogP contribution >= 0.6 is 0 Å². The number of nitro groups is 1. The second-order valence-electron chi connectivity index (χ2n) is 5.23. The van der Waals surface area contributed by atoms with Crippen LogP contribution in [0.3, 0.4) is 0 Å². The van der Waals surface area contributed by atoms with Crippen LogP contribution in [-0.4, -0.2) is 46.8 Å². The second-order valence-corrected chi connectivity index (χ2v) is 5.23. The van der Waals surface area contributed by atoms with Gasteiger partial charge in [-0.2, -0.15) is 0 Å². The minimum Gasteiger partial charge on any atom is -0.465 e. The third-order valence-corrected chi connectivity index (χ3v) is 3.68. The van der Waals surface area contributed by atoms with Gasteiger partial charge in [0.2, 0.25) is 0 Å². The van der Waals surface area contributed by atoms with Crippen molar-refractivity contribution in [2.24, 2.45) is 5.92 Å². The molecule has 0 radical (unpaired) electrons. The summed E-state index contributed by atoms with van der Waals surface area (Å²) in [5, 5.41) is 22.0. The minimum atomic E-state index is -0.922. The Labute approximate surface area is 132 Å². The van der Waals surface area contributed by atoms with Gasteiger partial charge < -0.3 is 20.1 Å². The van der Waals surface area contributed by atoms with E-state index in [2.05, 4.69) is 5.32 Å². The maximum Gasteiger partial charge on any atom is 0.412 e. The van der Waals surface area contributed by atoms with E-state index < -0.39 is 17.1 Å². The number of rotatable bonds is 4. The summed E-state index contributed by atoms with van der Waals surface area (Å²) < 4.78 is 5.02. The Kier molecular flexibility index (Phi) is 5.34. The molecule has 9 heteroatoms. The largest absolute Gasteiger partial charge is 0.465 e. The molecule has 0 saturated carbocycles. The van der Waals surface area contributed by atoms with Crippen molar-refractivity contribution in [2.45, 2.75) is 12.8 Å². The standard InChI is InChI=1S/C14H17N3O6/c18-13(23-12-3-1-11(2-4-12)17(21)22)15-9-10-5-7-16(8-6-10)14(19)20/h1-4,10H,5-9H2,(H,15,18)(H,19,20). The number of hydrogen-bond donors (Lipinski definition) is 2. The molecule has 0 aromatic heterocycles. The van der Waals surface area contributed by atoms with E-state index in [1.807, 2.05) is 0 Å². The molecule has 1 aliphatic heterocycles. The van der Waals surface area contributed by atoms with Gasteiger partial charge in [0.25, 0.3) is 5.69 Å². The smallest absolute Gasteiger partial charge is 0.412 e. The van der Waals surface area contributed by atoms with Crippen molar-refractivity contribution < 1.29 is 24.4 Å². The first-order valence-electron chi connectivity index (χ1n) is 7.13. The van der Waals surface area contributed by atoms with Gasteiger partial charge in [-0.1, -0.05) is 0 Å². The third-order valence-electron chi connectivity index (χ3n) is 3.68. The monoisotopic (exact) mass is 323 g/mol. The van der Waals surface area contributed by atoms with Gasteiger partial charge in [0, 0.05) is 31.8 Å². The number of carbonyl (C=O) groups excluding carboxylic acids is 1. The van der Waals surface area contributed by atoms with Gasteiger partial charge in [-0.25, -0.2) is 9.59 Å². The topological polar surface area (TPSA) is 122 Å². The molecule has 0 bridgehead atoms. The van der Waals surface area contributed by atoms with Gasteiger partial charge in [-0.05, 0) is 30.9 Å². The average Bonchev–Trinajstić information content (AvgIpc) is 2.54. The zero-order valence-corrected chi connectivity index (χ0v) is 12.3. The van der Waals surface area contributed by atoms with Gasteiger partial charge in [0.1, 0.15) is 5.75 Å². The quantitative estimate of drug-likeness (QED) is 0.646. The normalized spacial score (nSPS) is 15.0. The van der Waals surface area contributed by atoms with Crippen LogP contribution < -0.4 is 10.1 Å². The summed E-state index contributed by atoms with van der Waals surface area (Å²) in [6.07, 6.45) is -0.192. The van der Waals surface area contributed by atoms with E-state index in [0.29, 0.717) is 32.5 Å². The molecule has 2 amide bonds. The zero-order valence-electron chi connectivity index (χ0n) is 12.3. The van der Waals surface area contributed by atoms with Crippen LogP contribution in [0.4, 0.5) is 15.3 Å². The summed E-state index contributed by atoms with van der Waals surface area (Å²) in [7, 11) is 0. The molecule has 1 aliphatic rings. The SMILES string of the molecule is O=C(NCC1CCN(C(=O)O)CC1)Oc1ccc([N+](=O)[O-])cc1. The summed E-state index contributed by atoms with van der Waals surface area (Å²) in [5.74, 6) is 0.420. The van der Waals surface area contributed by atoms with Gasteiger partial charge in [-0.3, -0.25) is 10.1 Å². The first kappa shape index (κ1) is 16.5. The lowest BCUT2D eigenvalue weighted by molar-refractivity contribution is -0.384. The number of amides is 2.